The number of rotatable bonds is 5. The minimum atomic E-state index is -4.34. The van der Waals surface area contributed by atoms with Gasteiger partial charge >= 0.3 is 11.6 Å². The summed E-state index contributed by atoms with van der Waals surface area (Å²) in [6.07, 6.45) is 0.939. The third kappa shape index (κ3) is 6.14. The van der Waals surface area contributed by atoms with Crippen molar-refractivity contribution < 1.29 is 27.5 Å². The number of nitrogens with zero attached hydrogens (tertiary/aromatic N) is 2. The first-order chi connectivity index (χ1) is 15.6. The third-order valence-corrected chi connectivity index (χ3v) is 6.86. The number of carbonyl (C=O) groups excluding carboxylic acids is 2. The summed E-state index contributed by atoms with van der Waals surface area (Å²) in [5.41, 5.74) is -3.35. The number of piperidine rings is 1. The maximum Gasteiger partial charge on any atom is 0.446 e. The highest BCUT2D eigenvalue weighted by Gasteiger charge is 2.47. The average Bonchev–Trinajstić information content (AvgIpc) is 3.05. The quantitative estimate of drug-likeness (QED) is 0.510. The fourth-order valence-electron chi connectivity index (χ4n) is 4.14. The molecule has 1 spiro atoms. The Morgan fingerprint density at radius 2 is 1.64 bits per heavy atom. The molecule has 2 aromatic rings. The zero-order chi connectivity index (χ0) is 23.6. The van der Waals surface area contributed by atoms with Gasteiger partial charge in [-0.2, -0.15) is 13.2 Å². The topological polar surface area (TPSA) is 49.9 Å². The number of hydrogen-bond acceptors (Lipinski definition) is 4. The molecule has 0 unspecified atom stereocenters. The van der Waals surface area contributed by atoms with Crippen molar-refractivity contribution in [2.45, 2.75) is 41.8 Å². The van der Waals surface area contributed by atoms with E-state index in [1.807, 2.05) is 12.1 Å². The largest absolute Gasteiger partial charge is 0.446 e. The fourth-order valence-corrected chi connectivity index (χ4v) is 4.81. The Hall–Kier alpha value is -2.39. The minimum absolute atomic E-state index is 0.0187. The van der Waals surface area contributed by atoms with E-state index < -0.39 is 17.2 Å². The standard InChI is InChI=1S/C23H22ClF3N2O3S/c24-18-5-1-16(2-6-18)13-20(30)28-11-9-22(10-12-28)15-29(21(31)32-22)14-17-3-7-19(8-4-17)33-23(25,26)27/h1-8H,9-15H2. The lowest BCUT2D eigenvalue weighted by Gasteiger charge is -2.37. The smallest absolute Gasteiger partial charge is 0.441 e. The van der Waals surface area contributed by atoms with E-state index in [1.165, 1.54) is 12.1 Å². The summed E-state index contributed by atoms with van der Waals surface area (Å²) in [5, 5.41) is 0.620. The maximum atomic E-state index is 12.6. The van der Waals surface area contributed by atoms with Gasteiger partial charge in [0.25, 0.3) is 0 Å². The maximum absolute atomic E-state index is 12.6. The Kier molecular flexibility index (Phi) is 6.81. The third-order valence-electron chi connectivity index (χ3n) is 5.87. The molecule has 2 amide bonds. The molecular formula is C23H22ClF3N2O3S. The molecule has 0 aromatic heterocycles. The van der Waals surface area contributed by atoms with Gasteiger partial charge in [0, 0.05) is 42.4 Å². The van der Waals surface area contributed by atoms with Crippen molar-refractivity contribution in [1.82, 2.24) is 9.80 Å². The number of thioether (sulfide) groups is 1. The first-order valence-electron chi connectivity index (χ1n) is 10.5. The number of benzene rings is 2. The van der Waals surface area contributed by atoms with Gasteiger partial charge in [0.15, 0.2) is 0 Å². The summed E-state index contributed by atoms with van der Waals surface area (Å²) < 4.78 is 43.2. The van der Waals surface area contributed by atoms with Crippen molar-refractivity contribution in [2.75, 3.05) is 19.6 Å². The summed E-state index contributed by atoms with van der Waals surface area (Å²) in [7, 11) is 0. The number of amides is 2. The van der Waals surface area contributed by atoms with Crippen LogP contribution in [0.25, 0.3) is 0 Å². The van der Waals surface area contributed by atoms with Gasteiger partial charge in [-0.25, -0.2) is 4.79 Å². The van der Waals surface area contributed by atoms with Gasteiger partial charge in [0.05, 0.1) is 13.0 Å². The van der Waals surface area contributed by atoms with E-state index in [0.717, 1.165) is 11.1 Å². The van der Waals surface area contributed by atoms with Crippen LogP contribution < -0.4 is 0 Å². The summed E-state index contributed by atoms with van der Waals surface area (Å²) in [6, 6.07) is 13.1. The highest BCUT2D eigenvalue weighted by Crippen LogP contribution is 2.37. The Balaban J connectivity index is 1.30. The van der Waals surface area contributed by atoms with Gasteiger partial charge in [-0.3, -0.25) is 9.69 Å². The predicted molar refractivity (Wildman–Crippen MR) is 119 cm³/mol. The van der Waals surface area contributed by atoms with E-state index in [-0.39, 0.29) is 29.1 Å². The van der Waals surface area contributed by atoms with E-state index in [2.05, 4.69) is 0 Å². The Morgan fingerprint density at radius 1 is 1.03 bits per heavy atom. The number of halogens is 4. The van der Waals surface area contributed by atoms with Crippen LogP contribution >= 0.6 is 23.4 Å². The molecule has 2 heterocycles. The van der Waals surface area contributed by atoms with Gasteiger partial charge in [-0.1, -0.05) is 35.9 Å². The van der Waals surface area contributed by atoms with Gasteiger partial charge in [-0.05, 0) is 47.2 Å². The van der Waals surface area contributed by atoms with E-state index in [4.69, 9.17) is 16.3 Å². The molecule has 33 heavy (non-hydrogen) atoms. The molecule has 176 valence electrons. The van der Waals surface area contributed by atoms with Crippen molar-refractivity contribution in [3.05, 3.63) is 64.7 Å². The first-order valence-corrected chi connectivity index (χ1v) is 11.7. The van der Waals surface area contributed by atoms with Crippen LogP contribution in [0.1, 0.15) is 24.0 Å². The molecule has 0 atom stereocenters. The highest BCUT2D eigenvalue weighted by atomic mass is 35.5. The molecule has 2 saturated heterocycles. The van der Waals surface area contributed by atoms with Crippen LogP contribution in [-0.4, -0.2) is 52.5 Å². The molecule has 0 aliphatic carbocycles. The fraction of sp³-hybridized carbons (Fsp3) is 0.391. The number of ether oxygens (including phenoxy) is 1. The second kappa shape index (κ2) is 9.46. The van der Waals surface area contributed by atoms with E-state index in [0.29, 0.717) is 43.9 Å². The zero-order valence-electron chi connectivity index (χ0n) is 17.6. The van der Waals surface area contributed by atoms with Gasteiger partial charge < -0.3 is 9.64 Å². The molecule has 0 bridgehead atoms. The second-order valence-corrected chi connectivity index (χ2v) is 9.86. The van der Waals surface area contributed by atoms with E-state index >= 15 is 0 Å². The summed E-state index contributed by atoms with van der Waals surface area (Å²) in [4.78, 5) is 28.5. The molecule has 0 N–H and O–H groups in total. The summed E-state index contributed by atoms with van der Waals surface area (Å²) >= 11 is 5.72. The minimum Gasteiger partial charge on any atom is -0.441 e. The zero-order valence-corrected chi connectivity index (χ0v) is 19.2. The normalized spacial score (nSPS) is 18.0. The number of hydrogen-bond donors (Lipinski definition) is 0. The SMILES string of the molecule is O=C(Cc1ccc(Cl)cc1)N1CCC2(CC1)CN(Cc1ccc(SC(F)(F)F)cc1)C(=O)O2. The monoisotopic (exact) mass is 498 g/mol. The molecule has 4 rings (SSSR count). The van der Waals surface area contributed by atoms with Crippen LogP contribution in [-0.2, 0) is 22.5 Å². The van der Waals surface area contributed by atoms with Crippen LogP contribution in [0, 0.1) is 0 Å². The molecule has 2 fully saturated rings. The highest BCUT2D eigenvalue weighted by molar-refractivity contribution is 8.00. The van der Waals surface area contributed by atoms with Crippen LogP contribution in [0.5, 0.6) is 0 Å². The molecular weight excluding hydrogens is 477 g/mol. The van der Waals surface area contributed by atoms with Crippen molar-refractivity contribution >= 4 is 35.4 Å². The van der Waals surface area contributed by atoms with E-state index in [1.54, 1.807) is 34.1 Å². The molecule has 2 aliphatic heterocycles. The van der Waals surface area contributed by atoms with Crippen molar-refractivity contribution in [2.24, 2.45) is 0 Å². The second-order valence-electron chi connectivity index (χ2n) is 8.28. The summed E-state index contributed by atoms with van der Waals surface area (Å²) in [5.74, 6) is 0.0187. The number of carbonyl (C=O) groups is 2. The molecule has 2 aliphatic rings. The molecule has 0 radical (unpaired) electrons. The van der Waals surface area contributed by atoms with Crippen LogP contribution in [0.15, 0.2) is 53.4 Å². The Morgan fingerprint density at radius 3 is 2.24 bits per heavy atom. The predicted octanol–water partition coefficient (Wildman–Crippen LogP) is 5.51. The lowest BCUT2D eigenvalue weighted by atomic mass is 9.91. The van der Waals surface area contributed by atoms with E-state index in [9.17, 15) is 22.8 Å². The Labute approximate surface area is 198 Å². The van der Waals surface area contributed by atoms with Gasteiger partial charge in [0.1, 0.15) is 5.60 Å². The van der Waals surface area contributed by atoms with Crippen molar-refractivity contribution in [1.29, 1.82) is 0 Å². The van der Waals surface area contributed by atoms with Crippen LogP contribution in [0.2, 0.25) is 5.02 Å². The molecule has 5 nitrogen and oxygen atoms in total. The number of alkyl halides is 3. The lowest BCUT2D eigenvalue weighted by Crippen LogP contribution is -2.49. The molecule has 0 saturated carbocycles. The first kappa shape index (κ1) is 23.8. The average molecular weight is 499 g/mol. The van der Waals surface area contributed by atoms with Gasteiger partial charge in [-0.15, -0.1) is 0 Å². The summed E-state index contributed by atoms with van der Waals surface area (Å²) in [6.45, 7) is 1.65. The van der Waals surface area contributed by atoms with Crippen molar-refractivity contribution in [3.63, 3.8) is 0 Å². The van der Waals surface area contributed by atoms with Gasteiger partial charge in [0.2, 0.25) is 5.91 Å². The Bertz CT molecular complexity index is 1010. The van der Waals surface area contributed by atoms with Crippen LogP contribution in [0.4, 0.5) is 18.0 Å². The lowest BCUT2D eigenvalue weighted by molar-refractivity contribution is -0.133. The molecule has 10 heteroatoms. The van der Waals surface area contributed by atoms with Crippen LogP contribution in [0.3, 0.4) is 0 Å². The molecule has 2 aromatic carbocycles. The number of likely N-dealkylation sites (tertiary alicyclic amines) is 1. The van der Waals surface area contributed by atoms with Crippen molar-refractivity contribution in [3.8, 4) is 0 Å².